The molecule has 1 heterocycles. The second kappa shape index (κ2) is 8.30. The normalized spacial score (nSPS) is 20.8. The van der Waals surface area contributed by atoms with E-state index in [9.17, 15) is 0 Å². The molecule has 0 bridgehead atoms. The van der Waals surface area contributed by atoms with Gasteiger partial charge >= 0.3 is 0 Å². The summed E-state index contributed by atoms with van der Waals surface area (Å²) in [6.07, 6.45) is 7.11. The summed E-state index contributed by atoms with van der Waals surface area (Å²) < 4.78 is 0. The van der Waals surface area contributed by atoms with Crippen LogP contribution in [0.1, 0.15) is 18.4 Å². The molecule has 0 aromatic heterocycles. The van der Waals surface area contributed by atoms with E-state index in [2.05, 4.69) is 59.7 Å². The predicted molar refractivity (Wildman–Crippen MR) is 81.2 cm³/mol. The summed E-state index contributed by atoms with van der Waals surface area (Å²) in [5.41, 5.74) is 1.29. The molecule has 1 aromatic rings. The van der Waals surface area contributed by atoms with E-state index in [1.807, 2.05) is 0 Å². The summed E-state index contributed by atoms with van der Waals surface area (Å²) in [6, 6.07) is 11.2. The van der Waals surface area contributed by atoms with Gasteiger partial charge in [-0.05, 0) is 32.0 Å². The van der Waals surface area contributed by atoms with E-state index >= 15 is 0 Å². The van der Waals surface area contributed by atoms with Crippen LogP contribution in [0.4, 0.5) is 0 Å². The molecule has 1 saturated heterocycles. The summed E-state index contributed by atoms with van der Waals surface area (Å²) >= 11 is 0. The van der Waals surface area contributed by atoms with Crippen LogP contribution >= 0.6 is 12.4 Å². The number of hydrogen-bond donors (Lipinski definition) is 1. The second-order valence-electron chi connectivity index (χ2n) is 4.70. The molecule has 1 fully saturated rings. The van der Waals surface area contributed by atoms with Crippen LogP contribution in [-0.2, 0) is 0 Å². The van der Waals surface area contributed by atoms with Gasteiger partial charge in [-0.2, -0.15) is 0 Å². The van der Waals surface area contributed by atoms with Gasteiger partial charge < -0.3 is 5.32 Å². The van der Waals surface area contributed by atoms with Crippen LogP contribution in [0.3, 0.4) is 0 Å². The molecule has 2 nitrogen and oxygen atoms in total. The fourth-order valence-electron chi connectivity index (χ4n) is 2.36. The number of piperidine rings is 1. The van der Waals surface area contributed by atoms with Crippen LogP contribution in [0.2, 0.25) is 0 Å². The van der Waals surface area contributed by atoms with E-state index in [1.165, 1.54) is 31.5 Å². The molecular weight excluding hydrogens is 244 g/mol. The van der Waals surface area contributed by atoms with Crippen molar-refractivity contribution in [1.82, 2.24) is 10.2 Å². The van der Waals surface area contributed by atoms with Crippen LogP contribution in [-0.4, -0.2) is 37.6 Å². The Balaban J connectivity index is 0.00000162. The van der Waals surface area contributed by atoms with Crippen LogP contribution in [0, 0.1) is 0 Å². The third-order valence-corrected chi connectivity index (χ3v) is 3.39. The van der Waals surface area contributed by atoms with Crippen LogP contribution in [0.15, 0.2) is 36.4 Å². The minimum atomic E-state index is 0. The molecule has 3 heteroatoms. The molecule has 0 aliphatic carbocycles. The molecule has 2 rings (SSSR count). The van der Waals surface area contributed by atoms with Gasteiger partial charge in [-0.1, -0.05) is 42.5 Å². The van der Waals surface area contributed by atoms with Crippen molar-refractivity contribution in [2.45, 2.75) is 18.9 Å². The van der Waals surface area contributed by atoms with Gasteiger partial charge in [-0.3, -0.25) is 4.90 Å². The van der Waals surface area contributed by atoms with E-state index in [-0.39, 0.29) is 12.4 Å². The van der Waals surface area contributed by atoms with Gasteiger partial charge in [0.25, 0.3) is 0 Å². The lowest BCUT2D eigenvalue weighted by Crippen LogP contribution is -2.44. The van der Waals surface area contributed by atoms with E-state index in [0.717, 1.165) is 6.54 Å². The Morgan fingerprint density at radius 2 is 2.11 bits per heavy atom. The lowest BCUT2D eigenvalue weighted by molar-refractivity contribution is 0.213. The highest BCUT2D eigenvalue weighted by Gasteiger charge is 2.16. The van der Waals surface area contributed by atoms with Crippen LogP contribution in [0.25, 0.3) is 6.08 Å². The summed E-state index contributed by atoms with van der Waals surface area (Å²) in [5.74, 6) is 0. The Kier molecular flexibility index (Phi) is 7.02. The minimum absolute atomic E-state index is 0. The molecule has 1 aromatic carbocycles. The molecule has 1 aliphatic rings. The maximum atomic E-state index is 3.38. The van der Waals surface area contributed by atoms with Crippen molar-refractivity contribution in [2.24, 2.45) is 0 Å². The lowest BCUT2D eigenvalue weighted by Gasteiger charge is -2.31. The van der Waals surface area contributed by atoms with E-state index in [4.69, 9.17) is 0 Å². The highest BCUT2D eigenvalue weighted by atomic mass is 35.5. The van der Waals surface area contributed by atoms with Gasteiger partial charge in [0.15, 0.2) is 0 Å². The van der Waals surface area contributed by atoms with Crippen molar-refractivity contribution >= 4 is 18.5 Å². The monoisotopic (exact) mass is 266 g/mol. The fraction of sp³-hybridized carbons (Fsp3) is 0.467. The Bertz CT molecular complexity index is 351. The molecule has 1 N–H and O–H groups in total. The first kappa shape index (κ1) is 15.2. The quantitative estimate of drug-likeness (QED) is 0.902. The van der Waals surface area contributed by atoms with Crippen molar-refractivity contribution in [3.8, 4) is 0 Å². The van der Waals surface area contributed by atoms with Crippen molar-refractivity contribution in [1.29, 1.82) is 0 Å². The van der Waals surface area contributed by atoms with E-state index in [0.29, 0.717) is 6.04 Å². The molecule has 0 saturated carbocycles. The summed E-state index contributed by atoms with van der Waals surface area (Å²) in [4.78, 5) is 2.52. The maximum Gasteiger partial charge on any atom is 0.0192 e. The molecule has 0 radical (unpaired) electrons. The SMILES string of the molecule is CNC1CCCN(C/C=C/c2ccccc2)C1.Cl. The number of nitrogens with one attached hydrogen (secondary N) is 1. The van der Waals surface area contributed by atoms with Crippen molar-refractivity contribution < 1.29 is 0 Å². The third-order valence-electron chi connectivity index (χ3n) is 3.39. The highest BCUT2D eigenvalue weighted by molar-refractivity contribution is 5.85. The van der Waals surface area contributed by atoms with Gasteiger partial charge in [0.2, 0.25) is 0 Å². The fourth-order valence-corrected chi connectivity index (χ4v) is 2.36. The first-order chi connectivity index (χ1) is 8.38. The number of likely N-dealkylation sites (tertiary alicyclic amines) is 1. The molecular formula is C15H23ClN2. The number of likely N-dealkylation sites (N-methyl/N-ethyl adjacent to an activating group) is 1. The molecule has 0 spiro atoms. The average Bonchev–Trinajstić information content (AvgIpc) is 2.40. The summed E-state index contributed by atoms with van der Waals surface area (Å²) in [5, 5.41) is 3.38. The van der Waals surface area contributed by atoms with Gasteiger partial charge in [0.1, 0.15) is 0 Å². The Hall–Kier alpha value is -0.830. The van der Waals surface area contributed by atoms with Gasteiger partial charge in [0.05, 0.1) is 0 Å². The number of halogens is 1. The largest absolute Gasteiger partial charge is 0.316 e. The topological polar surface area (TPSA) is 15.3 Å². The van der Waals surface area contributed by atoms with Crippen molar-refractivity contribution in [3.63, 3.8) is 0 Å². The summed E-state index contributed by atoms with van der Waals surface area (Å²) in [6.45, 7) is 3.47. The highest BCUT2D eigenvalue weighted by Crippen LogP contribution is 2.10. The van der Waals surface area contributed by atoms with Gasteiger partial charge in [-0.25, -0.2) is 0 Å². The molecule has 1 unspecified atom stereocenters. The summed E-state index contributed by atoms with van der Waals surface area (Å²) in [7, 11) is 2.06. The molecule has 1 atom stereocenters. The zero-order valence-corrected chi connectivity index (χ0v) is 11.8. The van der Waals surface area contributed by atoms with E-state index in [1.54, 1.807) is 0 Å². The number of hydrogen-bond acceptors (Lipinski definition) is 2. The van der Waals surface area contributed by atoms with E-state index < -0.39 is 0 Å². The smallest absolute Gasteiger partial charge is 0.0192 e. The standard InChI is InChI=1S/C15H22N2.ClH/c1-16-15-10-6-12-17(13-15)11-5-9-14-7-3-2-4-8-14;/h2-5,7-9,15-16H,6,10-13H2,1H3;1H/b9-5+;. The number of nitrogens with zero attached hydrogens (tertiary/aromatic N) is 1. The first-order valence-electron chi connectivity index (χ1n) is 6.49. The zero-order chi connectivity index (χ0) is 11.9. The van der Waals surface area contributed by atoms with Gasteiger partial charge in [0, 0.05) is 19.1 Å². The first-order valence-corrected chi connectivity index (χ1v) is 6.49. The lowest BCUT2D eigenvalue weighted by atomic mass is 10.1. The minimum Gasteiger partial charge on any atom is -0.316 e. The Morgan fingerprint density at radius 1 is 1.33 bits per heavy atom. The van der Waals surface area contributed by atoms with Crippen LogP contribution in [0.5, 0.6) is 0 Å². The van der Waals surface area contributed by atoms with Crippen molar-refractivity contribution in [2.75, 3.05) is 26.7 Å². The molecule has 0 amide bonds. The third kappa shape index (κ3) is 4.81. The Morgan fingerprint density at radius 3 is 2.83 bits per heavy atom. The van der Waals surface area contributed by atoms with Crippen molar-refractivity contribution in [3.05, 3.63) is 42.0 Å². The zero-order valence-electron chi connectivity index (χ0n) is 11.0. The molecule has 100 valence electrons. The Labute approximate surface area is 116 Å². The average molecular weight is 267 g/mol. The molecule has 1 aliphatic heterocycles. The predicted octanol–water partition coefficient (Wildman–Crippen LogP) is 2.81. The van der Waals surface area contributed by atoms with Gasteiger partial charge in [-0.15, -0.1) is 12.4 Å². The number of rotatable bonds is 4. The molecule has 18 heavy (non-hydrogen) atoms. The van der Waals surface area contributed by atoms with Crippen LogP contribution < -0.4 is 5.32 Å². The second-order valence-corrected chi connectivity index (χ2v) is 4.70. The number of benzene rings is 1. The maximum absolute atomic E-state index is 3.38.